The van der Waals surface area contributed by atoms with E-state index in [-0.39, 0.29) is 29.1 Å². The number of carboxylic acids is 1. The van der Waals surface area contributed by atoms with E-state index in [2.05, 4.69) is 10.1 Å². The lowest BCUT2D eigenvalue weighted by atomic mass is 9.86. The smallest absolute Gasteiger partial charge is 0.492 e. The van der Waals surface area contributed by atoms with Crippen molar-refractivity contribution in [2.45, 2.75) is 58.4 Å². The van der Waals surface area contributed by atoms with Crippen LogP contribution < -0.4 is 10.1 Å². The van der Waals surface area contributed by atoms with Crippen LogP contribution in [0.3, 0.4) is 0 Å². The molecule has 35 heavy (non-hydrogen) atoms. The van der Waals surface area contributed by atoms with Crippen LogP contribution in [-0.4, -0.2) is 34.6 Å². The Bertz CT molecular complexity index is 1050. The van der Waals surface area contributed by atoms with E-state index in [1.165, 1.54) is 24.3 Å². The highest BCUT2D eigenvalue weighted by molar-refractivity contribution is 8.04. The van der Waals surface area contributed by atoms with Gasteiger partial charge in [0.1, 0.15) is 24.2 Å². The molecule has 1 aliphatic heterocycles. The quantitative estimate of drug-likeness (QED) is 0.475. The van der Waals surface area contributed by atoms with Gasteiger partial charge in [-0.2, -0.15) is 0 Å². The maximum atomic E-state index is 13.2. The number of benzene rings is 1. The lowest BCUT2D eigenvalue weighted by molar-refractivity contribution is -0.274. The van der Waals surface area contributed by atoms with Crippen molar-refractivity contribution in [2.75, 3.05) is 0 Å². The van der Waals surface area contributed by atoms with Crippen LogP contribution in [0.2, 0.25) is 0 Å². The van der Waals surface area contributed by atoms with Gasteiger partial charge in [0.2, 0.25) is 0 Å². The average Bonchev–Trinajstić information content (AvgIpc) is 3.18. The van der Waals surface area contributed by atoms with Crippen LogP contribution in [0, 0.1) is 11.3 Å². The molecule has 0 bridgehead atoms. The number of hydrogen-bond donors (Lipinski definition) is 2. The molecule has 0 radical (unpaired) electrons. The van der Waals surface area contributed by atoms with Gasteiger partial charge in [-0.15, -0.1) is 24.9 Å². The Kier molecular flexibility index (Phi) is 7.93. The van der Waals surface area contributed by atoms with Crippen LogP contribution in [0.25, 0.3) is 0 Å². The predicted octanol–water partition coefficient (Wildman–Crippen LogP) is 5.57. The molecule has 1 amide bonds. The zero-order chi connectivity index (χ0) is 26.0. The van der Waals surface area contributed by atoms with Crippen LogP contribution in [0.5, 0.6) is 5.75 Å². The normalized spacial score (nSPS) is 20.7. The zero-order valence-corrected chi connectivity index (χ0v) is 20.6. The van der Waals surface area contributed by atoms with E-state index in [0.29, 0.717) is 11.3 Å². The predicted molar refractivity (Wildman–Crippen MR) is 126 cm³/mol. The number of halogens is 3. The van der Waals surface area contributed by atoms with Crippen molar-refractivity contribution in [2.24, 2.45) is 11.3 Å². The number of nitrogens with one attached hydrogen (secondary N) is 1. The molecule has 3 rings (SSSR count). The Morgan fingerprint density at radius 3 is 2.37 bits per heavy atom. The second-order valence-corrected chi connectivity index (χ2v) is 10.6. The monoisotopic (exact) mass is 511 g/mol. The van der Waals surface area contributed by atoms with Crippen molar-refractivity contribution in [3.63, 3.8) is 0 Å². The number of allylic oxidation sites excluding steroid dienone is 2. The summed E-state index contributed by atoms with van der Waals surface area (Å²) in [4.78, 5) is 26.1. The number of alkyl halides is 3. The fourth-order valence-electron chi connectivity index (χ4n) is 3.79. The Balaban J connectivity index is 1.86. The van der Waals surface area contributed by atoms with E-state index >= 15 is 0 Å². The van der Waals surface area contributed by atoms with E-state index in [1.54, 1.807) is 38.6 Å². The third-order valence-corrected chi connectivity index (χ3v) is 7.01. The average molecular weight is 512 g/mol. The van der Waals surface area contributed by atoms with Crippen molar-refractivity contribution < 1.29 is 37.3 Å². The van der Waals surface area contributed by atoms with Gasteiger partial charge in [0.15, 0.2) is 0 Å². The van der Waals surface area contributed by atoms with Gasteiger partial charge in [-0.3, -0.25) is 4.79 Å². The molecule has 1 aromatic carbocycles. The Hall–Kier alpha value is -2.88. The molecule has 10 heteroatoms. The number of amides is 1. The third-order valence-electron chi connectivity index (χ3n) is 5.56. The van der Waals surface area contributed by atoms with Gasteiger partial charge in [-0.05, 0) is 40.5 Å². The zero-order valence-electron chi connectivity index (χ0n) is 19.8. The molecule has 2 unspecified atom stereocenters. The Morgan fingerprint density at radius 2 is 1.83 bits per heavy atom. The van der Waals surface area contributed by atoms with Crippen LogP contribution in [0.1, 0.15) is 39.7 Å². The minimum Gasteiger partial charge on any atom is -0.492 e. The van der Waals surface area contributed by atoms with Gasteiger partial charge >= 0.3 is 12.3 Å². The summed E-state index contributed by atoms with van der Waals surface area (Å²) < 4.78 is 47.2. The summed E-state index contributed by atoms with van der Waals surface area (Å²) in [6, 6.07) is 4.18. The Labute approximate surface area is 206 Å². The first kappa shape index (κ1) is 26.7. The number of carbonyl (C=O) groups is 2. The lowest BCUT2D eigenvalue weighted by Crippen LogP contribution is -2.49. The molecule has 6 nitrogen and oxygen atoms in total. The minimum atomic E-state index is -4.78. The second kappa shape index (κ2) is 10.4. The standard InChI is InChI=1S/C25H28F3NO5S/c1-5-16-12-18-19(35-16)11-10-17(22(30)29-21(23(31)32)24(2,3)4)20(18)33-13-14-6-8-15(9-7-14)34-25(26,27)28/h6-12,18-19,21H,5,13H2,1-4H3,(H,29,30)(H,31,32)/t18?,19?,21-/m1/s1. The molecule has 2 aliphatic rings. The molecule has 1 aromatic rings. The molecule has 1 aliphatic carbocycles. The van der Waals surface area contributed by atoms with Crippen LogP contribution in [-0.2, 0) is 20.9 Å². The summed E-state index contributed by atoms with van der Waals surface area (Å²) in [5.41, 5.74) is 0.0946. The SMILES string of the molecule is CCC1=CC2C(OCc3ccc(OC(F)(F)F)cc3)=C(C(=O)N[C@H](C(=O)O)C(C)(C)C)C=CC2S1. The van der Waals surface area contributed by atoms with E-state index in [0.717, 1.165) is 11.3 Å². The molecule has 3 atom stereocenters. The molecule has 1 heterocycles. The molecule has 0 spiro atoms. The molecule has 0 fully saturated rings. The third kappa shape index (κ3) is 6.84. The highest BCUT2D eigenvalue weighted by Crippen LogP contribution is 2.45. The van der Waals surface area contributed by atoms with Gasteiger partial charge in [-0.25, -0.2) is 4.79 Å². The van der Waals surface area contributed by atoms with Gasteiger partial charge in [0.05, 0.1) is 11.5 Å². The number of fused-ring (bicyclic) bond motifs is 1. The molecular formula is C25H28F3NO5S. The molecule has 0 saturated heterocycles. The van der Waals surface area contributed by atoms with Gasteiger partial charge in [-0.1, -0.05) is 52.0 Å². The van der Waals surface area contributed by atoms with Crippen molar-refractivity contribution in [1.82, 2.24) is 5.32 Å². The van der Waals surface area contributed by atoms with E-state index in [1.807, 2.05) is 19.1 Å². The first-order valence-electron chi connectivity index (χ1n) is 11.1. The molecular weight excluding hydrogens is 483 g/mol. The maximum absolute atomic E-state index is 13.2. The minimum absolute atomic E-state index is 0.0110. The number of rotatable bonds is 8. The summed E-state index contributed by atoms with van der Waals surface area (Å²) in [5, 5.41) is 12.3. The topological polar surface area (TPSA) is 84.9 Å². The molecule has 0 aromatic heterocycles. The summed E-state index contributed by atoms with van der Waals surface area (Å²) in [7, 11) is 0. The van der Waals surface area contributed by atoms with Gasteiger partial charge < -0.3 is 19.9 Å². The fourth-order valence-corrected chi connectivity index (χ4v) is 5.04. The van der Waals surface area contributed by atoms with Crippen LogP contribution >= 0.6 is 11.8 Å². The van der Waals surface area contributed by atoms with Crippen molar-refractivity contribution in [3.8, 4) is 5.75 Å². The van der Waals surface area contributed by atoms with Gasteiger partial charge in [0.25, 0.3) is 5.91 Å². The number of thioether (sulfide) groups is 1. The van der Waals surface area contributed by atoms with Gasteiger partial charge in [0, 0.05) is 5.25 Å². The van der Waals surface area contributed by atoms with Crippen molar-refractivity contribution in [3.05, 3.63) is 64.3 Å². The number of hydrogen-bond acceptors (Lipinski definition) is 5. The largest absolute Gasteiger partial charge is 0.573 e. The van der Waals surface area contributed by atoms with Crippen molar-refractivity contribution >= 4 is 23.6 Å². The number of carboxylic acid groups (broad SMARTS) is 1. The van der Waals surface area contributed by atoms with Crippen LogP contribution in [0.15, 0.2) is 58.7 Å². The lowest BCUT2D eigenvalue weighted by Gasteiger charge is -2.30. The molecule has 2 N–H and O–H groups in total. The maximum Gasteiger partial charge on any atom is 0.573 e. The first-order valence-corrected chi connectivity index (χ1v) is 12.0. The second-order valence-electron chi connectivity index (χ2n) is 9.32. The molecule has 190 valence electrons. The highest BCUT2D eigenvalue weighted by atomic mass is 32.2. The number of ether oxygens (including phenoxy) is 2. The fraction of sp³-hybridized carbons (Fsp3) is 0.440. The number of carbonyl (C=O) groups excluding carboxylic acids is 1. The molecule has 0 saturated carbocycles. The summed E-state index contributed by atoms with van der Waals surface area (Å²) in [5.74, 6) is -1.86. The number of aliphatic carboxylic acids is 1. The van der Waals surface area contributed by atoms with E-state index in [4.69, 9.17) is 4.74 Å². The highest BCUT2D eigenvalue weighted by Gasteiger charge is 2.38. The summed E-state index contributed by atoms with van der Waals surface area (Å²) in [6.45, 7) is 7.21. The van der Waals surface area contributed by atoms with E-state index in [9.17, 15) is 27.9 Å². The van der Waals surface area contributed by atoms with Crippen LogP contribution in [0.4, 0.5) is 13.2 Å². The summed E-state index contributed by atoms with van der Waals surface area (Å²) in [6.07, 6.45) is 1.64. The summed E-state index contributed by atoms with van der Waals surface area (Å²) >= 11 is 1.68. The Morgan fingerprint density at radius 1 is 1.17 bits per heavy atom. The van der Waals surface area contributed by atoms with Crippen molar-refractivity contribution in [1.29, 1.82) is 0 Å². The van der Waals surface area contributed by atoms with E-state index < -0.39 is 29.7 Å². The first-order chi connectivity index (χ1) is 16.3.